The van der Waals surface area contributed by atoms with Gasteiger partial charge in [0.15, 0.2) is 4.77 Å². The molecule has 0 radical (unpaired) electrons. The Labute approximate surface area is 135 Å². The topological polar surface area (TPSA) is 57.9 Å². The summed E-state index contributed by atoms with van der Waals surface area (Å²) in [4.78, 5) is 17.7. The summed E-state index contributed by atoms with van der Waals surface area (Å²) in [6, 6.07) is 7.86. The van der Waals surface area contributed by atoms with Crippen molar-refractivity contribution in [1.82, 2.24) is 9.97 Å². The molecule has 0 bridgehead atoms. The van der Waals surface area contributed by atoms with Crippen molar-refractivity contribution in [3.63, 3.8) is 0 Å². The van der Waals surface area contributed by atoms with Gasteiger partial charge in [0.25, 0.3) is 5.56 Å². The molecular weight excluding hydrogens is 296 g/mol. The number of aromatic nitrogens is 2. The number of benzene rings is 1. The number of unbranched alkanes of at least 4 members (excludes halogenated alkanes) is 2. The van der Waals surface area contributed by atoms with E-state index in [2.05, 4.69) is 16.9 Å². The quantitative estimate of drug-likeness (QED) is 0.601. The van der Waals surface area contributed by atoms with Gasteiger partial charge >= 0.3 is 0 Å². The third kappa shape index (κ3) is 4.31. The number of H-pyrrole nitrogens is 2. The third-order valence-electron chi connectivity index (χ3n) is 3.60. The summed E-state index contributed by atoms with van der Waals surface area (Å²) in [6.45, 7) is 4.74. The summed E-state index contributed by atoms with van der Waals surface area (Å²) in [5.74, 6) is 0.847. The first kappa shape index (κ1) is 16.5. The molecule has 0 saturated carbocycles. The number of nitrogens with one attached hydrogen (secondary N) is 2. The van der Waals surface area contributed by atoms with Crippen LogP contribution in [0, 0.1) is 11.7 Å². The number of hydrogen-bond donors (Lipinski definition) is 2. The molecule has 0 unspecified atom stereocenters. The van der Waals surface area contributed by atoms with Crippen LogP contribution in [0.15, 0.2) is 29.1 Å². The van der Waals surface area contributed by atoms with Crippen LogP contribution in [0.4, 0.5) is 0 Å². The molecule has 4 nitrogen and oxygen atoms in total. The molecule has 2 rings (SSSR count). The van der Waals surface area contributed by atoms with E-state index < -0.39 is 0 Å². The zero-order valence-corrected chi connectivity index (χ0v) is 13.9. The normalized spacial score (nSPS) is 10.6. The SMILES string of the molecule is CCCCCOc1ccccc1Cc1c(C)[nH]c(=S)[nH]c1=O. The first-order valence-corrected chi connectivity index (χ1v) is 8.05. The van der Waals surface area contributed by atoms with Gasteiger partial charge in [-0.15, -0.1) is 0 Å². The minimum Gasteiger partial charge on any atom is -0.493 e. The number of rotatable bonds is 7. The summed E-state index contributed by atoms with van der Waals surface area (Å²) in [6.07, 6.45) is 3.90. The molecule has 118 valence electrons. The molecule has 2 aromatic rings. The molecular formula is C17H22N2O2S. The average molecular weight is 318 g/mol. The van der Waals surface area contributed by atoms with Crippen molar-refractivity contribution in [2.24, 2.45) is 0 Å². The van der Waals surface area contributed by atoms with Crippen LogP contribution in [0.1, 0.15) is 43.0 Å². The van der Waals surface area contributed by atoms with Crippen LogP contribution >= 0.6 is 12.2 Å². The van der Waals surface area contributed by atoms with Gasteiger partial charge < -0.3 is 9.72 Å². The summed E-state index contributed by atoms with van der Waals surface area (Å²) in [5, 5.41) is 0. The lowest BCUT2D eigenvalue weighted by atomic mass is 10.0. The van der Waals surface area contributed by atoms with Crippen molar-refractivity contribution >= 4 is 12.2 Å². The number of para-hydroxylation sites is 1. The fourth-order valence-corrected chi connectivity index (χ4v) is 2.60. The second kappa shape index (κ2) is 7.94. The van der Waals surface area contributed by atoms with Gasteiger partial charge in [0, 0.05) is 17.7 Å². The monoisotopic (exact) mass is 318 g/mol. The highest BCUT2D eigenvalue weighted by atomic mass is 32.1. The van der Waals surface area contributed by atoms with Crippen LogP contribution in [0.5, 0.6) is 5.75 Å². The summed E-state index contributed by atoms with van der Waals surface area (Å²) in [5.41, 5.74) is 2.37. The first-order chi connectivity index (χ1) is 10.6. The smallest absolute Gasteiger partial charge is 0.255 e. The molecule has 1 heterocycles. The Morgan fingerprint density at radius 2 is 1.95 bits per heavy atom. The largest absolute Gasteiger partial charge is 0.493 e. The third-order valence-corrected chi connectivity index (χ3v) is 3.80. The van der Waals surface area contributed by atoms with E-state index in [1.165, 1.54) is 6.42 Å². The maximum Gasteiger partial charge on any atom is 0.255 e. The van der Waals surface area contributed by atoms with Gasteiger partial charge in [-0.25, -0.2) is 0 Å². The van der Waals surface area contributed by atoms with Gasteiger partial charge in [-0.3, -0.25) is 9.78 Å². The Hall–Kier alpha value is -1.88. The van der Waals surface area contributed by atoms with Crippen molar-refractivity contribution in [2.45, 2.75) is 39.5 Å². The van der Waals surface area contributed by atoms with E-state index in [1.807, 2.05) is 31.2 Å². The zero-order chi connectivity index (χ0) is 15.9. The van der Waals surface area contributed by atoms with E-state index in [4.69, 9.17) is 17.0 Å². The molecule has 1 aromatic carbocycles. The highest BCUT2D eigenvalue weighted by Crippen LogP contribution is 2.21. The Morgan fingerprint density at radius 3 is 2.68 bits per heavy atom. The number of hydrogen-bond acceptors (Lipinski definition) is 3. The Kier molecular flexibility index (Phi) is 5.95. The summed E-state index contributed by atoms with van der Waals surface area (Å²) in [7, 11) is 0. The number of aryl methyl sites for hydroxylation is 1. The molecule has 22 heavy (non-hydrogen) atoms. The van der Waals surface area contributed by atoms with Crippen LogP contribution < -0.4 is 10.3 Å². The fraction of sp³-hybridized carbons (Fsp3) is 0.412. The van der Waals surface area contributed by atoms with Crippen molar-refractivity contribution in [2.75, 3.05) is 6.61 Å². The summed E-state index contributed by atoms with van der Waals surface area (Å²) < 4.78 is 6.23. The fourth-order valence-electron chi connectivity index (χ4n) is 2.35. The van der Waals surface area contributed by atoms with Crippen LogP contribution in [0.25, 0.3) is 0 Å². The van der Waals surface area contributed by atoms with Crippen LogP contribution in [-0.4, -0.2) is 16.6 Å². The van der Waals surface area contributed by atoms with Crippen molar-refractivity contribution < 1.29 is 4.74 Å². The molecule has 1 aromatic heterocycles. The van der Waals surface area contributed by atoms with Gasteiger partial charge in [0.2, 0.25) is 0 Å². The highest BCUT2D eigenvalue weighted by molar-refractivity contribution is 7.71. The molecule has 0 aliphatic rings. The van der Waals surface area contributed by atoms with E-state index in [0.717, 1.165) is 29.8 Å². The lowest BCUT2D eigenvalue weighted by Gasteiger charge is -2.12. The van der Waals surface area contributed by atoms with E-state index in [9.17, 15) is 4.79 Å². The molecule has 5 heteroatoms. The maximum atomic E-state index is 12.1. The summed E-state index contributed by atoms with van der Waals surface area (Å²) >= 11 is 4.98. The lowest BCUT2D eigenvalue weighted by Crippen LogP contribution is -2.17. The minimum absolute atomic E-state index is 0.137. The molecule has 2 N–H and O–H groups in total. The van der Waals surface area contributed by atoms with E-state index in [-0.39, 0.29) is 5.56 Å². The zero-order valence-electron chi connectivity index (χ0n) is 13.1. The van der Waals surface area contributed by atoms with Gasteiger partial charge in [0.1, 0.15) is 5.75 Å². The molecule has 0 saturated heterocycles. The standard InChI is InChI=1S/C17H22N2O2S/c1-3-4-7-10-21-15-9-6-5-8-13(15)11-14-12(2)18-17(22)19-16(14)20/h5-6,8-9H,3-4,7,10-11H2,1-2H3,(H2,18,19,20,22). The van der Waals surface area contributed by atoms with Crippen molar-refractivity contribution in [3.8, 4) is 5.75 Å². The van der Waals surface area contributed by atoms with Crippen LogP contribution in [0.3, 0.4) is 0 Å². The lowest BCUT2D eigenvalue weighted by molar-refractivity contribution is 0.303. The van der Waals surface area contributed by atoms with E-state index in [1.54, 1.807) is 0 Å². The van der Waals surface area contributed by atoms with Crippen LogP contribution in [-0.2, 0) is 6.42 Å². The Bertz CT molecular complexity index is 734. The number of ether oxygens (including phenoxy) is 1. The Balaban J connectivity index is 2.20. The molecule has 0 fully saturated rings. The Morgan fingerprint density at radius 1 is 1.18 bits per heavy atom. The minimum atomic E-state index is -0.137. The first-order valence-electron chi connectivity index (χ1n) is 7.64. The predicted octanol–water partition coefficient (Wildman–Crippen LogP) is 3.90. The van der Waals surface area contributed by atoms with E-state index in [0.29, 0.717) is 23.4 Å². The molecule has 0 spiro atoms. The second-order valence-corrected chi connectivity index (χ2v) is 5.76. The highest BCUT2D eigenvalue weighted by Gasteiger charge is 2.10. The van der Waals surface area contributed by atoms with Gasteiger partial charge in [-0.05, 0) is 37.2 Å². The molecule has 0 aliphatic carbocycles. The van der Waals surface area contributed by atoms with Crippen LogP contribution in [0.2, 0.25) is 0 Å². The van der Waals surface area contributed by atoms with Gasteiger partial charge in [0.05, 0.1) is 6.61 Å². The van der Waals surface area contributed by atoms with E-state index >= 15 is 0 Å². The second-order valence-electron chi connectivity index (χ2n) is 5.35. The molecule has 0 aliphatic heterocycles. The van der Waals surface area contributed by atoms with Crippen molar-refractivity contribution in [3.05, 3.63) is 56.2 Å². The van der Waals surface area contributed by atoms with Gasteiger partial charge in [-0.1, -0.05) is 38.0 Å². The van der Waals surface area contributed by atoms with Gasteiger partial charge in [-0.2, -0.15) is 0 Å². The number of aromatic amines is 2. The predicted molar refractivity (Wildman–Crippen MR) is 91.3 cm³/mol. The average Bonchev–Trinajstić information content (AvgIpc) is 2.48. The maximum absolute atomic E-state index is 12.1. The molecule has 0 amide bonds. The van der Waals surface area contributed by atoms with Crippen molar-refractivity contribution in [1.29, 1.82) is 0 Å². The molecule has 0 atom stereocenters.